The normalized spacial score (nSPS) is 17.8. The molecule has 1 aromatic carbocycles. The number of halogens is 1. The number of Topliss-reactive ketones (excluding diaryl/α,β-unsaturated/α-hetero) is 1. The smallest absolute Gasteiger partial charge is 0.310 e. The van der Waals surface area contributed by atoms with E-state index in [1.165, 1.54) is 30.1 Å². The van der Waals surface area contributed by atoms with E-state index in [-0.39, 0.29) is 12.6 Å². The summed E-state index contributed by atoms with van der Waals surface area (Å²) in [7, 11) is 0. The van der Waals surface area contributed by atoms with E-state index in [2.05, 4.69) is 15.9 Å². The van der Waals surface area contributed by atoms with Crippen LogP contribution in [-0.4, -0.2) is 35.4 Å². The van der Waals surface area contributed by atoms with Crippen molar-refractivity contribution in [2.24, 2.45) is 11.3 Å². The van der Waals surface area contributed by atoms with Crippen molar-refractivity contribution in [3.8, 4) is 0 Å². The lowest BCUT2D eigenvalue weighted by molar-refractivity contribution is -0.152. The Labute approximate surface area is 194 Å². The zero-order valence-electron chi connectivity index (χ0n) is 18.1. The number of nitrogens with zero attached hydrogens (tertiary/aromatic N) is 1. The van der Waals surface area contributed by atoms with Crippen LogP contribution < -0.4 is 4.90 Å². The number of rotatable bonds is 7. The van der Waals surface area contributed by atoms with Crippen molar-refractivity contribution in [2.45, 2.75) is 46.8 Å². The van der Waals surface area contributed by atoms with Gasteiger partial charge in [0, 0.05) is 0 Å². The molecule has 0 saturated heterocycles. The van der Waals surface area contributed by atoms with Crippen molar-refractivity contribution in [2.75, 3.05) is 11.4 Å². The van der Waals surface area contributed by atoms with Gasteiger partial charge in [0.1, 0.15) is 17.0 Å². The second-order valence-electron chi connectivity index (χ2n) is 8.54. The molecule has 2 heterocycles. The standard InChI is InChI=1S/C23H26BrNO5S/c1-12(2)30-15(14-9-7-6-8-10-14)11-25-20(27)17(23(4,5)22(28)29)18(26)16-13(3)19(24)31-21(16)25/h6-10,12,15,17H,11H2,1-5H3,(H,28,29)/t15-,17?/m1/s1. The number of hydrogen-bond acceptors (Lipinski definition) is 5. The third-order valence-corrected chi connectivity index (χ3v) is 7.75. The Kier molecular flexibility index (Phi) is 6.74. The van der Waals surface area contributed by atoms with Crippen LogP contribution in [0, 0.1) is 18.3 Å². The maximum Gasteiger partial charge on any atom is 0.310 e. The Bertz CT molecular complexity index is 1010. The predicted octanol–water partition coefficient (Wildman–Crippen LogP) is 5.24. The van der Waals surface area contributed by atoms with Crippen LogP contribution in [0.4, 0.5) is 5.00 Å². The van der Waals surface area contributed by atoms with Crippen LogP contribution in [0.15, 0.2) is 34.1 Å². The molecule has 0 spiro atoms. The van der Waals surface area contributed by atoms with Crippen LogP contribution in [0.1, 0.15) is 55.3 Å². The number of anilines is 1. The number of carbonyl (C=O) groups is 3. The van der Waals surface area contributed by atoms with Gasteiger partial charge in [0.2, 0.25) is 5.91 Å². The van der Waals surface area contributed by atoms with Crippen molar-refractivity contribution >= 4 is 49.9 Å². The van der Waals surface area contributed by atoms with Crippen LogP contribution in [0.25, 0.3) is 0 Å². The average Bonchev–Trinajstić information content (AvgIpc) is 2.99. The van der Waals surface area contributed by atoms with Gasteiger partial charge in [-0.2, -0.15) is 0 Å². The highest BCUT2D eigenvalue weighted by Gasteiger charge is 2.53. The summed E-state index contributed by atoms with van der Waals surface area (Å²) < 4.78 is 6.88. The number of hydrogen-bond donors (Lipinski definition) is 1. The summed E-state index contributed by atoms with van der Waals surface area (Å²) in [5.74, 6) is -3.45. The van der Waals surface area contributed by atoms with Crippen molar-refractivity contribution in [3.63, 3.8) is 0 Å². The van der Waals surface area contributed by atoms with E-state index in [9.17, 15) is 19.5 Å². The van der Waals surface area contributed by atoms with E-state index < -0.39 is 35.1 Å². The second kappa shape index (κ2) is 8.84. The summed E-state index contributed by atoms with van der Waals surface area (Å²) in [6.07, 6.45) is -0.518. The van der Waals surface area contributed by atoms with E-state index in [4.69, 9.17) is 4.74 Å². The molecule has 8 heteroatoms. The SMILES string of the molecule is Cc1c(Br)sc2c1C(=O)C(C(C)(C)C(=O)O)C(=O)N2C[C@@H](OC(C)C)c1ccccc1. The molecular weight excluding hydrogens is 482 g/mol. The highest BCUT2D eigenvalue weighted by Crippen LogP contribution is 2.47. The second-order valence-corrected chi connectivity index (χ2v) is 10.9. The van der Waals surface area contributed by atoms with Crippen molar-refractivity contribution < 1.29 is 24.2 Å². The van der Waals surface area contributed by atoms with Gasteiger partial charge in [0.15, 0.2) is 5.78 Å². The van der Waals surface area contributed by atoms with E-state index in [1.807, 2.05) is 44.2 Å². The monoisotopic (exact) mass is 507 g/mol. The van der Waals surface area contributed by atoms with Crippen LogP contribution in [0.3, 0.4) is 0 Å². The molecule has 2 atom stereocenters. The first kappa shape index (κ1) is 23.6. The predicted molar refractivity (Wildman–Crippen MR) is 124 cm³/mol. The fourth-order valence-corrected chi connectivity index (χ4v) is 5.50. The number of carboxylic acid groups (broad SMARTS) is 1. The van der Waals surface area contributed by atoms with Crippen LogP contribution in [-0.2, 0) is 14.3 Å². The summed E-state index contributed by atoms with van der Waals surface area (Å²) in [5.41, 5.74) is 0.484. The molecule has 3 rings (SSSR count). The van der Waals surface area contributed by atoms with Crippen molar-refractivity contribution in [3.05, 3.63) is 50.8 Å². The van der Waals surface area contributed by atoms with Gasteiger partial charge >= 0.3 is 5.97 Å². The molecule has 1 aromatic heterocycles. The number of benzene rings is 1. The first-order valence-electron chi connectivity index (χ1n) is 10.0. The molecule has 1 unspecified atom stereocenters. The van der Waals surface area contributed by atoms with E-state index >= 15 is 0 Å². The first-order valence-corrected chi connectivity index (χ1v) is 11.7. The molecule has 2 aromatic rings. The van der Waals surface area contributed by atoms with Crippen LogP contribution in [0.5, 0.6) is 0 Å². The Hall–Kier alpha value is -2.03. The maximum absolute atomic E-state index is 13.6. The fraction of sp³-hybridized carbons (Fsp3) is 0.435. The minimum Gasteiger partial charge on any atom is -0.481 e. The molecule has 31 heavy (non-hydrogen) atoms. The molecule has 1 amide bonds. The highest BCUT2D eigenvalue weighted by atomic mass is 79.9. The molecule has 1 N–H and O–H groups in total. The molecular formula is C23H26BrNO5S. The van der Waals surface area contributed by atoms with Gasteiger partial charge in [0.25, 0.3) is 0 Å². The Morgan fingerprint density at radius 1 is 1.26 bits per heavy atom. The van der Waals surface area contributed by atoms with Gasteiger partial charge in [-0.15, -0.1) is 11.3 Å². The minimum absolute atomic E-state index is 0.0886. The molecule has 0 saturated carbocycles. The zero-order valence-corrected chi connectivity index (χ0v) is 20.5. The van der Waals surface area contributed by atoms with Crippen LogP contribution in [0.2, 0.25) is 0 Å². The van der Waals surface area contributed by atoms with Gasteiger partial charge in [0.05, 0.1) is 27.4 Å². The quantitative estimate of drug-likeness (QED) is 0.517. The Balaban J connectivity index is 2.12. The van der Waals surface area contributed by atoms with Gasteiger partial charge in [-0.25, -0.2) is 0 Å². The first-order chi connectivity index (χ1) is 14.5. The molecule has 6 nitrogen and oxygen atoms in total. The minimum atomic E-state index is -1.55. The summed E-state index contributed by atoms with van der Waals surface area (Å²) in [5, 5.41) is 10.3. The number of carboxylic acids is 1. The number of amides is 1. The zero-order chi connectivity index (χ0) is 23.1. The van der Waals surface area contributed by atoms with E-state index in [1.54, 1.807) is 6.92 Å². The molecule has 0 radical (unpaired) electrons. The molecule has 166 valence electrons. The van der Waals surface area contributed by atoms with Crippen LogP contribution >= 0.6 is 27.3 Å². The third kappa shape index (κ3) is 4.33. The number of ether oxygens (including phenoxy) is 1. The Morgan fingerprint density at radius 3 is 2.42 bits per heavy atom. The molecule has 1 aliphatic rings. The van der Waals surface area contributed by atoms with Crippen molar-refractivity contribution in [1.82, 2.24) is 0 Å². The fourth-order valence-electron chi connectivity index (χ4n) is 3.79. The summed E-state index contributed by atoms with van der Waals surface area (Å²) in [6.45, 7) is 8.68. The third-order valence-electron chi connectivity index (χ3n) is 5.57. The van der Waals surface area contributed by atoms with Gasteiger partial charge in [-0.05, 0) is 61.7 Å². The largest absolute Gasteiger partial charge is 0.481 e. The number of thiophene rings is 1. The molecule has 1 aliphatic heterocycles. The topological polar surface area (TPSA) is 83.9 Å². The van der Waals surface area contributed by atoms with E-state index in [0.717, 1.165) is 14.9 Å². The lowest BCUT2D eigenvalue weighted by Gasteiger charge is -2.38. The van der Waals surface area contributed by atoms with E-state index in [0.29, 0.717) is 10.6 Å². The summed E-state index contributed by atoms with van der Waals surface area (Å²) in [4.78, 5) is 40.4. The number of carbonyl (C=O) groups excluding carboxylic acids is 2. The Morgan fingerprint density at radius 2 is 1.87 bits per heavy atom. The maximum atomic E-state index is 13.6. The molecule has 0 bridgehead atoms. The van der Waals surface area contributed by atoms with Gasteiger partial charge < -0.3 is 9.84 Å². The lowest BCUT2D eigenvalue weighted by Crippen LogP contribution is -2.53. The number of aliphatic carboxylic acids is 1. The summed E-state index contributed by atoms with van der Waals surface area (Å²) in [6, 6.07) is 9.58. The van der Waals surface area contributed by atoms with Gasteiger partial charge in [-0.3, -0.25) is 19.3 Å². The highest BCUT2D eigenvalue weighted by molar-refractivity contribution is 9.11. The molecule has 0 fully saturated rings. The number of ketones is 1. The summed E-state index contributed by atoms with van der Waals surface area (Å²) >= 11 is 4.79. The lowest BCUT2D eigenvalue weighted by atomic mass is 9.72. The van der Waals surface area contributed by atoms with Crippen molar-refractivity contribution in [1.29, 1.82) is 0 Å². The molecule has 0 aliphatic carbocycles. The average molecular weight is 508 g/mol. The number of fused-ring (bicyclic) bond motifs is 1. The van der Waals surface area contributed by atoms with Gasteiger partial charge in [-0.1, -0.05) is 30.3 Å².